The van der Waals surface area contributed by atoms with E-state index in [1.165, 1.54) is 10.9 Å². The smallest absolute Gasteiger partial charge is 0.409 e. The Balaban J connectivity index is 1.35. The van der Waals surface area contributed by atoms with Crippen molar-refractivity contribution in [1.29, 1.82) is 0 Å². The maximum Gasteiger partial charge on any atom is 0.409 e. The van der Waals surface area contributed by atoms with Crippen LogP contribution < -0.4 is 0 Å². The number of likely N-dealkylation sites (tertiary alicyclic amines) is 1. The monoisotopic (exact) mass is 342 g/mol. The third-order valence-corrected chi connectivity index (χ3v) is 5.48. The van der Waals surface area contributed by atoms with Crippen molar-refractivity contribution >= 4 is 17.1 Å². The fraction of sp³-hybridized carbons (Fsp3) is 0.550. The molecule has 4 rings (SSSR count). The number of para-hydroxylation sites is 1. The summed E-state index contributed by atoms with van der Waals surface area (Å²) in [6.45, 7) is 7.09. The molecule has 0 unspecified atom stereocenters. The molecule has 1 aromatic carbocycles. The Labute approximate surface area is 148 Å². The van der Waals surface area contributed by atoms with E-state index in [1.54, 1.807) is 0 Å². The van der Waals surface area contributed by atoms with Crippen molar-refractivity contribution in [2.45, 2.75) is 32.7 Å². The number of carbonyl (C=O) groups excluding carboxylic acids is 1. The van der Waals surface area contributed by atoms with Gasteiger partial charge in [-0.05, 0) is 31.7 Å². The van der Waals surface area contributed by atoms with Crippen molar-refractivity contribution in [2.24, 2.45) is 5.92 Å². The molecule has 1 saturated heterocycles. The van der Waals surface area contributed by atoms with E-state index in [0.717, 1.165) is 63.3 Å². The third kappa shape index (κ3) is 3.38. The lowest BCUT2D eigenvalue weighted by atomic mass is 9.95. The van der Waals surface area contributed by atoms with Crippen molar-refractivity contribution in [2.75, 3.05) is 32.8 Å². The Kier molecular flexibility index (Phi) is 4.66. The summed E-state index contributed by atoms with van der Waals surface area (Å²) in [4.78, 5) is 16.2. The van der Waals surface area contributed by atoms with Gasteiger partial charge in [0.05, 0.1) is 6.61 Å². The summed E-state index contributed by atoms with van der Waals surface area (Å²) in [6.07, 6.45) is 2.96. The van der Waals surface area contributed by atoms with Gasteiger partial charge in [0.2, 0.25) is 0 Å². The molecule has 0 atom stereocenters. The van der Waals surface area contributed by atoms with Crippen LogP contribution in [-0.2, 0) is 17.7 Å². The minimum atomic E-state index is -0.159. The number of furan rings is 1. The number of fused-ring (bicyclic) bond motifs is 3. The number of hydrogen-bond acceptors (Lipinski definition) is 4. The van der Waals surface area contributed by atoms with Crippen molar-refractivity contribution in [3.8, 4) is 0 Å². The van der Waals surface area contributed by atoms with Crippen LogP contribution in [0, 0.1) is 5.92 Å². The van der Waals surface area contributed by atoms with Gasteiger partial charge in [-0.1, -0.05) is 18.2 Å². The molecule has 5 nitrogen and oxygen atoms in total. The molecule has 0 radical (unpaired) electrons. The summed E-state index contributed by atoms with van der Waals surface area (Å²) >= 11 is 0. The molecule has 2 aliphatic heterocycles. The summed E-state index contributed by atoms with van der Waals surface area (Å²) in [5.41, 5.74) is 2.38. The van der Waals surface area contributed by atoms with Gasteiger partial charge in [-0.3, -0.25) is 4.90 Å². The second-order valence-corrected chi connectivity index (χ2v) is 7.11. The Bertz CT molecular complexity index is 746. The summed E-state index contributed by atoms with van der Waals surface area (Å²) in [7, 11) is 0. The predicted molar refractivity (Wildman–Crippen MR) is 96.5 cm³/mol. The molecule has 5 heteroatoms. The number of ether oxygens (including phenoxy) is 1. The Morgan fingerprint density at radius 3 is 2.84 bits per heavy atom. The van der Waals surface area contributed by atoms with Gasteiger partial charge in [-0.15, -0.1) is 0 Å². The van der Waals surface area contributed by atoms with E-state index in [2.05, 4.69) is 23.1 Å². The van der Waals surface area contributed by atoms with Crippen LogP contribution in [-0.4, -0.2) is 48.7 Å². The molecule has 0 saturated carbocycles. The topological polar surface area (TPSA) is 45.9 Å². The van der Waals surface area contributed by atoms with Gasteiger partial charge in [0.15, 0.2) is 0 Å². The molecule has 3 heterocycles. The SMILES string of the molecule is CCOC(=O)N1CCC(CN2CCc3oc4ccccc4c3C2)CC1. The van der Waals surface area contributed by atoms with Crippen LogP contribution in [0.2, 0.25) is 0 Å². The normalized spacial score (nSPS) is 19.2. The Morgan fingerprint density at radius 2 is 2.04 bits per heavy atom. The highest BCUT2D eigenvalue weighted by atomic mass is 16.6. The van der Waals surface area contributed by atoms with Gasteiger partial charge in [0.1, 0.15) is 11.3 Å². The number of amides is 1. The molecular weight excluding hydrogens is 316 g/mol. The first-order chi connectivity index (χ1) is 12.2. The first-order valence-electron chi connectivity index (χ1n) is 9.38. The zero-order valence-electron chi connectivity index (χ0n) is 14.9. The Hall–Kier alpha value is -2.01. The van der Waals surface area contributed by atoms with Crippen molar-refractivity contribution in [3.63, 3.8) is 0 Å². The Morgan fingerprint density at radius 1 is 1.24 bits per heavy atom. The van der Waals surface area contributed by atoms with Crippen molar-refractivity contribution in [3.05, 3.63) is 35.6 Å². The number of carbonyl (C=O) groups is 1. The van der Waals surface area contributed by atoms with Gasteiger partial charge in [-0.25, -0.2) is 4.79 Å². The molecule has 134 valence electrons. The van der Waals surface area contributed by atoms with E-state index in [9.17, 15) is 4.79 Å². The molecule has 1 aromatic heterocycles. The first kappa shape index (κ1) is 16.5. The molecule has 1 fully saturated rings. The van der Waals surface area contributed by atoms with E-state index in [4.69, 9.17) is 9.15 Å². The molecule has 0 spiro atoms. The van der Waals surface area contributed by atoms with Crippen molar-refractivity contribution < 1.29 is 13.9 Å². The lowest BCUT2D eigenvalue weighted by molar-refractivity contribution is 0.0843. The largest absolute Gasteiger partial charge is 0.461 e. The van der Waals surface area contributed by atoms with Gasteiger partial charge < -0.3 is 14.1 Å². The van der Waals surface area contributed by atoms with Crippen LogP contribution in [0.3, 0.4) is 0 Å². The van der Waals surface area contributed by atoms with Gasteiger partial charge in [-0.2, -0.15) is 0 Å². The lowest BCUT2D eigenvalue weighted by Crippen LogP contribution is -2.42. The average molecular weight is 342 g/mol. The van der Waals surface area contributed by atoms with Gasteiger partial charge in [0, 0.05) is 50.1 Å². The summed E-state index contributed by atoms with van der Waals surface area (Å²) in [6, 6.07) is 8.34. The summed E-state index contributed by atoms with van der Waals surface area (Å²) in [5, 5.41) is 1.26. The molecular formula is C20H26N2O3. The molecule has 2 aliphatic rings. The fourth-order valence-corrected chi connectivity index (χ4v) is 4.12. The number of nitrogens with zero attached hydrogens (tertiary/aromatic N) is 2. The maximum absolute atomic E-state index is 11.8. The highest BCUT2D eigenvalue weighted by Crippen LogP contribution is 2.31. The molecule has 0 bridgehead atoms. The van der Waals surface area contributed by atoms with E-state index < -0.39 is 0 Å². The van der Waals surface area contributed by atoms with Crippen LogP contribution in [0.25, 0.3) is 11.0 Å². The predicted octanol–water partition coefficient (Wildman–Crippen LogP) is 3.66. The van der Waals surface area contributed by atoms with Crippen LogP contribution in [0.4, 0.5) is 4.79 Å². The first-order valence-corrected chi connectivity index (χ1v) is 9.38. The fourth-order valence-electron chi connectivity index (χ4n) is 4.12. The molecule has 0 N–H and O–H groups in total. The van der Waals surface area contributed by atoms with Crippen LogP contribution in [0.15, 0.2) is 28.7 Å². The number of hydrogen-bond donors (Lipinski definition) is 0. The van der Waals surface area contributed by atoms with Crippen molar-refractivity contribution in [1.82, 2.24) is 9.80 Å². The standard InChI is InChI=1S/C20H26N2O3/c1-2-24-20(23)22-11-7-15(8-12-22)13-21-10-9-19-17(14-21)16-5-3-4-6-18(16)25-19/h3-6,15H,2,7-14H2,1H3. The van der Waals surface area contributed by atoms with Crippen LogP contribution in [0.1, 0.15) is 31.1 Å². The number of piperidine rings is 1. The van der Waals surface area contributed by atoms with E-state index in [1.807, 2.05) is 17.9 Å². The average Bonchev–Trinajstić information content (AvgIpc) is 3.01. The highest BCUT2D eigenvalue weighted by molar-refractivity contribution is 5.82. The third-order valence-electron chi connectivity index (χ3n) is 5.48. The quantitative estimate of drug-likeness (QED) is 0.854. The molecule has 0 aliphatic carbocycles. The second kappa shape index (κ2) is 7.08. The minimum absolute atomic E-state index is 0.159. The highest BCUT2D eigenvalue weighted by Gasteiger charge is 2.28. The van der Waals surface area contributed by atoms with E-state index in [0.29, 0.717) is 12.5 Å². The number of benzene rings is 1. The summed E-state index contributed by atoms with van der Waals surface area (Å²) < 4.78 is 11.1. The van der Waals surface area contributed by atoms with Crippen LogP contribution in [0.5, 0.6) is 0 Å². The van der Waals surface area contributed by atoms with E-state index in [-0.39, 0.29) is 6.09 Å². The maximum atomic E-state index is 11.8. The zero-order valence-corrected chi connectivity index (χ0v) is 14.9. The minimum Gasteiger partial charge on any atom is -0.461 e. The van der Waals surface area contributed by atoms with E-state index >= 15 is 0 Å². The van der Waals surface area contributed by atoms with Gasteiger partial charge in [0.25, 0.3) is 0 Å². The molecule has 25 heavy (non-hydrogen) atoms. The molecule has 1 amide bonds. The molecule has 2 aromatic rings. The zero-order chi connectivity index (χ0) is 17.2. The second-order valence-electron chi connectivity index (χ2n) is 7.11. The summed E-state index contributed by atoms with van der Waals surface area (Å²) in [5.74, 6) is 1.82. The number of rotatable bonds is 3. The lowest BCUT2D eigenvalue weighted by Gasteiger charge is -2.35. The van der Waals surface area contributed by atoms with Gasteiger partial charge >= 0.3 is 6.09 Å². The van der Waals surface area contributed by atoms with Crippen LogP contribution >= 0.6 is 0 Å².